The van der Waals surface area contributed by atoms with Crippen LogP contribution < -0.4 is 5.32 Å². The number of hydrogen-bond acceptors (Lipinski definition) is 4. The van der Waals surface area contributed by atoms with Crippen molar-refractivity contribution >= 4 is 17.6 Å². The van der Waals surface area contributed by atoms with Gasteiger partial charge in [-0.25, -0.2) is 4.79 Å². The molecule has 1 aromatic carbocycles. The molecule has 114 valence electrons. The molecule has 0 unspecified atom stereocenters. The highest BCUT2D eigenvalue weighted by atomic mass is 16.4. The van der Waals surface area contributed by atoms with Gasteiger partial charge in [-0.2, -0.15) is 10.2 Å². The number of nitrogens with zero attached hydrogens (tertiary/aromatic N) is 2. The second-order valence-electron chi connectivity index (χ2n) is 5.27. The van der Waals surface area contributed by atoms with E-state index in [4.69, 9.17) is 11.5 Å². The first-order valence-electron chi connectivity index (χ1n) is 6.97. The van der Waals surface area contributed by atoms with E-state index >= 15 is 0 Å². The lowest BCUT2D eigenvalue weighted by Crippen LogP contribution is -2.18. The molecule has 6 heteroatoms. The van der Waals surface area contributed by atoms with Crippen LogP contribution in [0, 0.1) is 19.3 Å². The topological polar surface area (TPSA) is 91.1 Å². The van der Waals surface area contributed by atoms with Crippen molar-refractivity contribution in [2.45, 2.75) is 38.3 Å². The standard InChI is InChI=1S/C16H17N3O3/c1-3-4-8-16(18-19-16)9-7-14(20)17-13-10-12(15(21)22)6-5-11(13)2/h1,5-6,10H,4,7-9H2,2H3,(H,17,20)(H,21,22). The Morgan fingerprint density at radius 1 is 1.36 bits per heavy atom. The maximum Gasteiger partial charge on any atom is 0.335 e. The van der Waals surface area contributed by atoms with Crippen LogP contribution in [0.2, 0.25) is 0 Å². The minimum absolute atomic E-state index is 0.138. The van der Waals surface area contributed by atoms with Gasteiger partial charge in [0, 0.05) is 31.4 Å². The van der Waals surface area contributed by atoms with Gasteiger partial charge in [-0.05, 0) is 24.6 Å². The van der Waals surface area contributed by atoms with Gasteiger partial charge in [0.25, 0.3) is 0 Å². The van der Waals surface area contributed by atoms with Crippen molar-refractivity contribution in [2.75, 3.05) is 5.32 Å². The summed E-state index contributed by atoms with van der Waals surface area (Å²) in [6.45, 7) is 1.81. The molecule has 1 aliphatic rings. The van der Waals surface area contributed by atoms with Gasteiger partial charge in [0.05, 0.1) is 5.56 Å². The molecule has 0 fully saturated rings. The molecule has 6 nitrogen and oxygen atoms in total. The molecule has 1 aliphatic heterocycles. The van der Waals surface area contributed by atoms with Crippen LogP contribution in [0.1, 0.15) is 41.6 Å². The summed E-state index contributed by atoms with van der Waals surface area (Å²) in [5, 5.41) is 19.7. The molecule has 0 radical (unpaired) electrons. The normalized spacial score (nSPS) is 14.2. The zero-order valence-corrected chi connectivity index (χ0v) is 12.3. The second kappa shape index (κ2) is 6.39. The van der Waals surface area contributed by atoms with Gasteiger partial charge < -0.3 is 10.4 Å². The number of carboxylic acid groups (broad SMARTS) is 1. The van der Waals surface area contributed by atoms with Crippen LogP contribution in [0.25, 0.3) is 0 Å². The number of carbonyl (C=O) groups is 2. The molecule has 1 aromatic rings. The first-order chi connectivity index (χ1) is 10.5. The molecule has 2 N–H and O–H groups in total. The van der Waals surface area contributed by atoms with Crippen molar-refractivity contribution in [2.24, 2.45) is 10.2 Å². The van der Waals surface area contributed by atoms with Crippen molar-refractivity contribution in [3.8, 4) is 12.3 Å². The second-order valence-corrected chi connectivity index (χ2v) is 5.27. The Morgan fingerprint density at radius 2 is 2.09 bits per heavy atom. The number of nitrogens with one attached hydrogen (secondary N) is 1. The third-order valence-corrected chi connectivity index (χ3v) is 3.56. The van der Waals surface area contributed by atoms with Crippen LogP contribution in [0.15, 0.2) is 28.4 Å². The molecule has 0 saturated heterocycles. The van der Waals surface area contributed by atoms with Gasteiger partial charge in [-0.3, -0.25) is 4.79 Å². The van der Waals surface area contributed by atoms with Gasteiger partial charge in [-0.15, -0.1) is 12.3 Å². The number of benzene rings is 1. The number of amides is 1. The van der Waals surface area contributed by atoms with Gasteiger partial charge in [0.1, 0.15) is 0 Å². The number of carbonyl (C=O) groups excluding carboxylic acids is 1. The van der Waals surface area contributed by atoms with E-state index in [2.05, 4.69) is 21.5 Å². The number of terminal acetylenes is 1. The van der Waals surface area contributed by atoms with Crippen LogP contribution >= 0.6 is 0 Å². The lowest BCUT2D eigenvalue weighted by molar-refractivity contribution is -0.116. The Labute approximate surface area is 128 Å². The van der Waals surface area contributed by atoms with Crippen molar-refractivity contribution in [1.29, 1.82) is 0 Å². The maximum absolute atomic E-state index is 12.0. The number of aryl methyl sites for hydroxylation is 1. The molecule has 0 atom stereocenters. The number of carboxylic acids is 1. The highest BCUT2D eigenvalue weighted by Crippen LogP contribution is 2.37. The monoisotopic (exact) mass is 299 g/mol. The molecular weight excluding hydrogens is 282 g/mol. The van der Waals surface area contributed by atoms with Crippen LogP contribution in [0.5, 0.6) is 0 Å². The minimum atomic E-state index is -1.03. The summed E-state index contributed by atoms with van der Waals surface area (Å²) in [6.07, 6.45) is 7.22. The molecule has 1 amide bonds. The summed E-state index contributed by atoms with van der Waals surface area (Å²) in [4.78, 5) is 23.0. The molecule has 22 heavy (non-hydrogen) atoms. The summed E-state index contributed by atoms with van der Waals surface area (Å²) in [5.74, 6) is 1.32. The lowest BCUT2D eigenvalue weighted by atomic mass is 10.0. The Balaban J connectivity index is 1.91. The number of rotatable bonds is 7. The minimum Gasteiger partial charge on any atom is -0.478 e. The average molecular weight is 299 g/mol. The van der Waals surface area contributed by atoms with Crippen LogP contribution in [0.3, 0.4) is 0 Å². The van der Waals surface area contributed by atoms with E-state index in [1.54, 1.807) is 13.0 Å². The van der Waals surface area contributed by atoms with E-state index in [0.717, 1.165) is 5.56 Å². The molecule has 2 rings (SSSR count). The van der Waals surface area contributed by atoms with Crippen LogP contribution in [-0.4, -0.2) is 22.6 Å². The largest absolute Gasteiger partial charge is 0.478 e. The highest BCUT2D eigenvalue weighted by Gasteiger charge is 2.39. The van der Waals surface area contributed by atoms with Crippen molar-refractivity contribution < 1.29 is 14.7 Å². The lowest BCUT2D eigenvalue weighted by Gasteiger charge is -2.11. The Hall–Kier alpha value is -2.68. The van der Waals surface area contributed by atoms with E-state index in [1.807, 2.05) is 0 Å². The van der Waals surface area contributed by atoms with E-state index in [9.17, 15) is 9.59 Å². The fourth-order valence-electron chi connectivity index (χ4n) is 2.08. The SMILES string of the molecule is C#CCCC1(CCC(=O)Nc2cc(C(=O)O)ccc2C)N=N1. The molecule has 0 saturated carbocycles. The van der Waals surface area contributed by atoms with Gasteiger partial charge in [-0.1, -0.05) is 6.07 Å². The zero-order chi connectivity index (χ0) is 16.2. The maximum atomic E-state index is 12.0. The van der Waals surface area contributed by atoms with E-state index < -0.39 is 11.6 Å². The molecular formula is C16H17N3O3. The average Bonchev–Trinajstić information content (AvgIpc) is 3.26. The fraction of sp³-hybridized carbons (Fsp3) is 0.375. The molecule has 0 bridgehead atoms. The van der Waals surface area contributed by atoms with E-state index in [0.29, 0.717) is 24.9 Å². The third kappa shape index (κ3) is 3.92. The smallest absolute Gasteiger partial charge is 0.335 e. The number of hydrogen-bond donors (Lipinski definition) is 2. The Morgan fingerprint density at radius 3 is 2.68 bits per heavy atom. The predicted octanol–water partition coefficient (Wildman–Crippen LogP) is 2.99. The van der Waals surface area contributed by atoms with Crippen molar-refractivity contribution in [1.82, 2.24) is 0 Å². The summed E-state index contributed by atoms with van der Waals surface area (Å²) in [7, 11) is 0. The number of anilines is 1. The molecule has 0 aliphatic carbocycles. The number of aromatic carboxylic acids is 1. The Bertz CT molecular complexity index is 668. The first-order valence-corrected chi connectivity index (χ1v) is 6.97. The van der Waals surface area contributed by atoms with E-state index in [-0.39, 0.29) is 17.9 Å². The zero-order valence-electron chi connectivity index (χ0n) is 12.3. The summed E-state index contributed by atoms with van der Waals surface area (Å²) < 4.78 is 0. The molecule has 0 aromatic heterocycles. The van der Waals surface area contributed by atoms with Gasteiger partial charge in [0.15, 0.2) is 5.66 Å². The quantitative estimate of drug-likeness (QED) is 0.758. The van der Waals surface area contributed by atoms with Crippen molar-refractivity contribution in [3.05, 3.63) is 29.3 Å². The van der Waals surface area contributed by atoms with Crippen LogP contribution in [-0.2, 0) is 4.79 Å². The molecule has 1 heterocycles. The predicted molar refractivity (Wildman–Crippen MR) is 81.7 cm³/mol. The summed E-state index contributed by atoms with van der Waals surface area (Å²) in [6, 6.07) is 4.62. The van der Waals surface area contributed by atoms with Crippen LogP contribution in [0.4, 0.5) is 5.69 Å². The Kier molecular flexibility index (Phi) is 4.56. The first kappa shape index (κ1) is 15.7. The third-order valence-electron chi connectivity index (χ3n) is 3.56. The summed E-state index contributed by atoms with van der Waals surface area (Å²) in [5.41, 5.74) is 0.966. The van der Waals surface area contributed by atoms with Gasteiger partial charge in [0.2, 0.25) is 5.91 Å². The van der Waals surface area contributed by atoms with Crippen molar-refractivity contribution in [3.63, 3.8) is 0 Å². The highest BCUT2D eigenvalue weighted by molar-refractivity contribution is 5.94. The summed E-state index contributed by atoms with van der Waals surface area (Å²) >= 11 is 0. The van der Waals surface area contributed by atoms with Gasteiger partial charge >= 0.3 is 5.97 Å². The molecule has 0 spiro atoms. The van der Waals surface area contributed by atoms with E-state index in [1.165, 1.54) is 12.1 Å². The fourth-order valence-corrected chi connectivity index (χ4v) is 2.08.